The Morgan fingerprint density at radius 2 is 2.30 bits per heavy atom. The van der Waals surface area contributed by atoms with Crippen LogP contribution in [-0.2, 0) is 6.54 Å². The Labute approximate surface area is 149 Å². The first-order chi connectivity index (χ1) is 11.2. The molecule has 0 aliphatic carbocycles. The van der Waals surface area contributed by atoms with Gasteiger partial charge in [-0.3, -0.25) is 4.79 Å². The van der Waals surface area contributed by atoms with Crippen LogP contribution < -0.4 is 0 Å². The normalized spacial score (nSPS) is 10.4. The lowest BCUT2D eigenvalue weighted by atomic mass is 10.3. The van der Waals surface area contributed by atoms with Gasteiger partial charge in [-0.2, -0.15) is 0 Å². The Balaban J connectivity index is 1.80. The Bertz CT molecular complexity index is 846. The standard InChI is InChI=1S/C16H11BrN2O2S2/c1-2-5-19(8-12-4-3-6-21-12)16(20)13-10-23-15(18-13)14-7-11(17)9-22-14/h1,3-4,6-7,9-10H,5,8H2. The second-order valence-corrected chi connectivity index (χ2v) is 7.30. The highest BCUT2D eigenvalue weighted by molar-refractivity contribution is 9.10. The Morgan fingerprint density at radius 3 is 2.96 bits per heavy atom. The van der Waals surface area contributed by atoms with Crippen LogP contribution in [0, 0.1) is 12.3 Å². The van der Waals surface area contributed by atoms with E-state index in [1.807, 2.05) is 17.5 Å². The number of thiophene rings is 1. The van der Waals surface area contributed by atoms with Crippen molar-refractivity contribution in [3.05, 3.63) is 51.1 Å². The van der Waals surface area contributed by atoms with Crippen molar-refractivity contribution in [2.45, 2.75) is 6.54 Å². The van der Waals surface area contributed by atoms with E-state index < -0.39 is 0 Å². The molecule has 7 heteroatoms. The van der Waals surface area contributed by atoms with Crippen molar-refractivity contribution in [1.82, 2.24) is 9.88 Å². The van der Waals surface area contributed by atoms with Gasteiger partial charge >= 0.3 is 0 Å². The maximum atomic E-state index is 12.6. The maximum absolute atomic E-state index is 12.6. The zero-order valence-electron chi connectivity index (χ0n) is 11.9. The summed E-state index contributed by atoms with van der Waals surface area (Å²) in [6.07, 6.45) is 6.95. The van der Waals surface area contributed by atoms with E-state index in [-0.39, 0.29) is 12.5 Å². The zero-order valence-corrected chi connectivity index (χ0v) is 15.1. The van der Waals surface area contributed by atoms with E-state index in [1.54, 1.807) is 33.9 Å². The minimum absolute atomic E-state index is 0.197. The second kappa shape index (κ2) is 7.13. The fourth-order valence-corrected chi connectivity index (χ4v) is 4.27. The number of carbonyl (C=O) groups is 1. The number of hydrogen-bond donors (Lipinski definition) is 0. The molecule has 0 aromatic carbocycles. The fourth-order valence-electron chi connectivity index (χ4n) is 1.97. The predicted octanol–water partition coefficient (Wildman–Crippen LogP) is 4.50. The largest absolute Gasteiger partial charge is 0.467 e. The molecule has 0 spiro atoms. The molecule has 0 unspecified atom stereocenters. The molecular weight excluding hydrogens is 396 g/mol. The first kappa shape index (κ1) is 16.0. The fraction of sp³-hybridized carbons (Fsp3) is 0.125. The molecule has 116 valence electrons. The van der Waals surface area contributed by atoms with Crippen LogP contribution in [0.5, 0.6) is 0 Å². The van der Waals surface area contributed by atoms with Crippen LogP contribution in [0.25, 0.3) is 9.88 Å². The summed E-state index contributed by atoms with van der Waals surface area (Å²) in [5.74, 6) is 3.00. The highest BCUT2D eigenvalue weighted by atomic mass is 79.9. The van der Waals surface area contributed by atoms with Gasteiger partial charge in [0, 0.05) is 15.2 Å². The van der Waals surface area contributed by atoms with E-state index in [1.165, 1.54) is 11.3 Å². The SMILES string of the molecule is C#CCN(Cc1ccco1)C(=O)c1csc(-c2cc(Br)cs2)n1. The molecule has 0 saturated heterocycles. The number of amides is 1. The molecule has 3 rings (SSSR count). The number of rotatable bonds is 5. The topological polar surface area (TPSA) is 46.3 Å². The van der Waals surface area contributed by atoms with Crippen LogP contribution in [-0.4, -0.2) is 22.3 Å². The molecule has 23 heavy (non-hydrogen) atoms. The molecule has 0 bridgehead atoms. The summed E-state index contributed by atoms with van der Waals surface area (Å²) < 4.78 is 6.30. The van der Waals surface area contributed by atoms with Crippen LogP contribution in [0.15, 0.2) is 44.1 Å². The molecule has 0 saturated carbocycles. The molecular formula is C16H11BrN2O2S2. The molecule has 0 radical (unpaired) electrons. The van der Waals surface area contributed by atoms with Gasteiger partial charge in [0.05, 0.1) is 24.2 Å². The summed E-state index contributed by atoms with van der Waals surface area (Å²) in [4.78, 5) is 19.6. The van der Waals surface area contributed by atoms with Gasteiger partial charge < -0.3 is 9.32 Å². The number of carbonyl (C=O) groups excluding carboxylic acids is 1. The second-order valence-electron chi connectivity index (χ2n) is 4.61. The van der Waals surface area contributed by atoms with Crippen molar-refractivity contribution in [1.29, 1.82) is 0 Å². The van der Waals surface area contributed by atoms with E-state index in [0.29, 0.717) is 18.0 Å². The van der Waals surface area contributed by atoms with Gasteiger partial charge in [0.2, 0.25) is 0 Å². The van der Waals surface area contributed by atoms with Gasteiger partial charge in [-0.05, 0) is 34.1 Å². The van der Waals surface area contributed by atoms with Crippen molar-refractivity contribution in [3.63, 3.8) is 0 Å². The van der Waals surface area contributed by atoms with Crippen LogP contribution in [0.1, 0.15) is 16.2 Å². The van der Waals surface area contributed by atoms with Gasteiger partial charge in [0.25, 0.3) is 5.91 Å². The molecule has 3 aromatic rings. The van der Waals surface area contributed by atoms with Crippen molar-refractivity contribution >= 4 is 44.5 Å². The van der Waals surface area contributed by atoms with Gasteiger partial charge in [0.1, 0.15) is 16.5 Å². The molecule has 0 N–H and O–H groups in total. The number of thiazole rings is 1. The van der Waals surface area contributed by atoms with Crippen LogP contribution in [0.4, 0.5) is 0 Å². The number of hydrogen-bond acceptors (Lipinski definition) is 5. The number of nitrogens with zero attached hydrogens (tertiary/aromatic N) is 2. The van der Waals surface area contributed by atoms with Crippen LogP contribution in [0.3, 0.4) is 0 Å². The van der Waals surface area contributed by atoms with E-state index in [2.05, 4.69) is 26.8 Å². The van der Waals surface area contributed by atoms with Crippen molar-refractivity contribution in [3.8, 4) is 22.2 Å². The molecule has 0 atom stereocenters. The van der Waals surface area contributed by atoms with Crippen LogP contribution >= 0.6 is 38.6 Å². The van der Waals surface area contributed by atoms with Gasteiger partial charge in [-0.25, -0.2) is 4.98 Å². The quantitative estimate of drug-likeness (QED) is 0.585. The summed E-state index contributed by atoms with van der Waals surface area (Å²) in [7, 11) is 0. The summed E-state index contributed by atoms with van der Waals surface area (Å²) >= 11 is 6.44. The first-order valence-corrected chi connectivity index (χ1v) is 9.17. The maximum Gasteiger partial charge on any atom is 0.274 e. The van der Waals surface area contributed by atoms with Crippen LogP contribution in [0.2, 0.25) is 0 Å². The van der Waals surface area contributed by atoms with Crippen molar-refractivity contribution in [2.24, 2.45) is 0 Å². The third kappa shape index (κ3) is 3.72. The van der Waals surface area contributed by atoms with Gasteiger partial charge in [0.15, 0.2) is 0 Å². The highest BCUT2D eigenvalue weighted by Gasteiger charge is 2.20. The molecule has 4 nitrogen and oxygen atoms in total. The third-order valence-corrected chi connectivity index (χ3v) is 5.70. The van der Waals surface area contributed by atoms with E-state index in [4.69, 9.17) is 10.8 Å². The molecule has 1 amide bonds. The van der Waals surface area contributed by atoms with E-state index in [0.717, 1.165) is 14.4 Å². The Hall–Kier alpha value is -1.88. The molecule has 0 aliphatic rings. The monoisotopic (exact) mass is 406 g/mol. The smallest absolute Gasteiger partial charge is 0.274 e. The Morgan fingerprint density at radius 1 is 1.43 bits per heavy atom. The van der Waals surface area contributed by atoms with Crippen molar-refractivity contribution in [2.75, 3.05) is 6.54 Å². The summed E-state index contributed by atoms with van der Waals surface area (Å²) in [6.45, 7) is 0.532. The number of aromatic nitrogens is 1. The molecule has 3 aromatic heterocycles. The lowest BCUT2D eigenvalue weighted by Gasteiger charge is -2.17. The molecule has 3 heterocycles. The number of terminal acetylenes is 1. The first-order valence-electron chi connectivity index (χ1n) is 6.62. The predicted molar refractivity (Wildman–Crippen MR) is 95.4 cm³/mol. The minimum atomic E-state index is -0.197. The number of furan rings is 1. The minimum Gasteiger partial charge on any atom is -0.467 e. The van der Waals surface area contributed by atoms with E-state index in [9.17, 15) is 4.79 Å². The molecule has 0 fully saturated rings. The average molecular weight is 407 g/mol. The number of halogens is 1. The highest BCUT2D eigenvalue weighted by Crippen LogP contribution is 2.32. The van der Waals surface area contributed by atoms with Crippen molar-refractivity contribution < 1.29 is 9.21 Å². The summed E-state index contributed by atoms with van der Waals surface area (Å²) in [5, 5.41) is 4.57. The lowest BCUT2D eigenvalue weighted by molar-refractivity contribution is 0.0750. The third-order valence-electron chi connectivity index (χ3n) is 3.00. The van der Waals surface area contributed by atoms with Gasteiger partial charge in [-0.15, -0.1) is 29.1 Å². The average Bonchev–Trinajstić information content (AvgIpc) is 3.27. The van der Waals surface area contributed by atoms with E-state index >= 15 is 0 Å². The molecule has 0 aliphatic heterocycles. The Kier molecular flexibility index (Phi) is 4.96. The lowest BCUT2D eigenvalue weighted by Crippen LogP contribution is -2.31. The summed E-state index contributed by atoms with van der Waals surface area (Å²) in [5.41, 5.74) is 0.399. The van der Waals surface area contributed by atoms with Gasteiger partial charge in [-0.1, -0.05) is 5.92 Å². The zero-order chi connectivity index (χ0) is 16.2. The summed E-state index contributed by atoms with van der Waals surface area (Å²) in [6, 6.07) is 5.58.